The second-order valence-electron chi connectivity index (χ2n) is 4.02. The number of hydrogen-bond donors (Lipinski definition) is 0. The molecule has 0 spiro atoms. The molecule has 2 aromatic heterocycles. The summed E-state index contributed by atoms with van der Waals surface area (Å²) >= 11 is 7.17. The maximum Gasteiger partial charge on any atom is 0.0967 e. The predicted molar refractivity (Wildman–Crippen MR) is 82.3 cm³/mol. The summed E-state index contributed by atoms with van der Waals surface area (Å²) < 4.78 is 0. The van der Waals surface area contributed by atoms with Gasteiger partial charge in [0.05, 0.1) is 11.0 Å². The van der Waals surface area contributed by atoms with Crippen LogP contribution < -0.4 is 0 Å². The molecule has 18 heavy (non-hydrogen) atoms. The second-order valence-corrected chi connectivity index (χ2v) is 5.14. The van der Waals surface area contributed by atoms with Gasteiger partial charge in [0, 0.05) is 33.8 Å². The average molecular weight is 366 g/mol. The molecule has 0 radical (unpaired) electrons. The van der Waals surface area contributed by atoms with Gasteiger partial charge in [0.1, 0.15) is 0 Å². The largest absolute Gasteiger partial charge is 0.254 e. The van der Waals surface area contributed by atoms with E-state index >= 15 is 0 Å². The summed E-state index contributed by atoms with van der Waals surface area (Å²) in [6.45, 7) is 0. The Labute approximate surface area is 122 Å². The van der Waals surface area contributed by atoms with Crippen molar-refractivity contribution in [2.24, 2.45) is 0 Å². The van der Waals surface area contributed by atoms with E-state index in [1.54, 1.807) is 0 Å². The maximum absolute atomic E-state index is 4.49. The van der Waals surface area contributed by atoms with Gasteiger partial charge in [0.15, 0.2) is 0 Å². The molecule has 0 N–H and O–H groups in total. The molecular formula is C14H10Br2N2. The van der Waals surface area contributed by atoms with Gasteiger partial charge in [-0.3, -0.25) is 9.97 Å². The molecule has 0 atom stereocenters. The Kier molecular flexibility index (Phi) is 3.31. The van der Waals surface area contributed by atoms with E-state index in [0.29, 0.717) is 0 Å². The standard InChI is InChI=1S/C14H10Br2N2/c15-7-11-9-3-1-5-17-13(9)14-10(12(11)8-16)4-2-6-18-14/h1-6H,7-8H2. The smallest absolute Gasteiger partial charge is 0.0967 e. The lowest BCUT2D eigenvalue weighted by molar-refractivity contribution is 1.31. The number of nitrogens with zero attached hydrogens (tertiary/aromatic N) is 2. The van der Waals surface area contributed by atoms with Crippen LogP contribution in [0.25, 0.3) is 21.8 Å². The molecule has 0 unspecified atom stereocenters. The zero-order chi connectivity index (χ0) is 12.5. The number of fused-ring (bicyclic) bond motifs is 3. The molecule has 0 saturated heterocycles. The van der Waals surface area contributed by atoms with Crippen LogP contribution in [0.1, 0.15) is 11.1 Å². The summed E-state index contributed by atoms with van der Waals surface area (Å²) in [6, 6.07) is 8.17. The van der Waals surface area contributed by atoms with Crippen LogP contribution in [0.3, 0.4) is 0 Å². The number of aromatic nitrogens is 2. The minimum atomic E-state index is 0.820. The predicted octanol–water partition coefficient (Wildman–Crippen LogP) is 4.57. The summed E-state index contributed by atoms with van der Waals surface area (Å²) in [5.41, 5.74) is 4.53. The lowest BCUT2D eigenvalue weighted by Gasteiger charge is -2.12. The molecule has 3 rings (SSSR count). The molecule has 2 nitrogen and oxygen atoms in total. The highest BCUT2D eigenvalue weighted by Crippen LogP contribution is 2.32. The van der Waals surface area contributed by atoms with Gasteiger partial charge in [-0.1, -0.05) is 44.0 Å². The molecule has 3 aromatic rings. The van der Waals surface area contributed by atoms with Crippen LogP contribution >= 0.6 is 31.9 Å². The molecule has 4 heteroatoms. The molecule has 0 aliphatic carbocycles. The average Bonchev–Trinajstić information content (AvgIpc) is 2.45. The molecule has 1 aromatic carbocycles. The monoisotopic (exact) mass is 364 g/mol. The van der Waals surface area contributed by atoms with Crippen molar-refractivity contribution in [2.45, 2.75) is 10.7 Å². The van der Waals surface area contributed by atoms with Crippen molar-refractivity contribution in [1.29, 1.82) is 0 Å². The second kappa shape index (κ2) is 4.94. The van der Waals surface area contributed by atoms with Gasteiger partial charge in [-0.2, -0.15) is 0 Å². The third kappa shape index (κ3) is 1.75. The summed E-state index contributed by atoms with van der Waals surface area (Å²) in [6.07, 6.45) is 3.64. The first-order chi connectivity index (χ1) is 8.86. The zero-order valence-electron chi connectivity index (χ0n) is 9.53. The first kappa shape index (κ1) is 12.1. The van der Waals surface area contributed by atoms with Crippen molar-refractivity contribution in [2.75, 3.05) is 0 Å². The number of alkyl halides is 2. The van der Waals surface area contributed by atoms with Crippen LogP contribution in [-0.2, 0) is 10.7 Å². The third-order valence-electron chi connectivity index (χ3n) is 3.12. The van der Waals surface area contributed by atoms with Gasteiger partial charge in [0.25, 0.3) is 0 Å². The molecule has 90 valence electrons. The summed E-state index contributed by atoms with van der Waals surface area (Å²) in [5, 5.41) is 3.99. The highest BCUT2D eigenvalue weighted by molar-refractivity contribution is 9.09. The number of halogens is 2. The van der Waals surface area contributed by atoms with Crippen molar-refractivity contribution < 1.29 is 0 Å². The van der Waals surface area contributed by atoms with Gasteiger partial charge in [0.2, 0.25) is 0 Å². The van der Waals surface area contributed by atoms with Crippen LogP contribution in [0, 0.1) is 0 Å². The third-order valence-corrected chi connectivity index (χ3v) is 4.24. The van der Waals surface area contributed by atoms with Gasteiger partial charge < -0.3 is 0 Å². The van der Waals surface area contributed by atoms with E-state index < -0.39 is 0 Å². The minimum Gasteiger partial charge on any atom is -0.254 e. The Morgan fingerprint density at radius 1 is 0.778 bits per heavy atom. The molecular weight excluding hydrogens is 356 g/mol. The van der Waals surface area contributed by atoms with Crippen LogP contribution in [0.2, 0.25) is 0 Å². The fourth-order valence-corrected chi connectivity index (χ4v) is 3.59. The molecule has 0 aliphatic rings. The SMILES string of the molecule is BrCc1c(CBr)c2cccnc2c2ncccc12. The van der Waals surface area contributed by atoms with Crippen molar-refractivity contribution in [3.8, 4) is 0 Å². The van der Waals surface area contributed by atoms with Crippen molar-refractivity contribution in [3.63, 3.8) is 0 Å². The van der Waals surface area contributed by atoms with Crippen molar-refractivity contribution >= 4 is 53.7 Å². The van der Waals surface area contributed by atoms with Gasteiger partial charge in [-0.25, -0.2) is 0 Å². The van der Waals surface area contributed by atoms with Crippen LogP contribution in [0.15, 0.2) is 36.7 Å². The topological polar surface area (TPSA) is 25.8 Å². The van der Waals surface area contributed by atoms with Gasteiger partial charge >= 0.3 is 0 Å². The number of rotatable bonds is 2. The van der Waals surface area contributed by atoms with E-state index in [2.05, 4.69) is 54.0 Å². The molecule has 0 aliphatic heterocycles. The summed E-state index contributed by atoms with van der Waals surface area (Å²) in [4.78, 5) is 8.99. The Balaban J connectivity index is 2.61. The van der Waals surface area contributed by atoms with Gasteiger partial charge in [-0.15, -0.1) is 0 Å². The molecule has 0 fully saturated rings. The molecule has 0 amide bonds. The zero-order valence-corrected chi connectivity index (χ0v) is 12.7. The van der Waals surface area contributed by atoms with E-state index in [4.69, 9.17) is 0 Å². The van der Waals surface area contributed by atoms with E-state index in [0.717, 1.165) is 21.7 Å². The fourth-order valence-electron chi connectivity index (χ4n) is 2.31. The Bertz CT molecular complexity index is 663. The Morgan fingerprint density at radius 2 is 1.22 bits per heavy atom. The number of pyridine rings is 2. The maximum atomic E-state index is 4.49. The fraction of sp³-hybridized carbons (Fsp3) is 0.143. The highest BCUT2D eigenvalue weighted by atomic mass is 79.9. The number of benzene rings is 1. The Morgan fingerprint density at radius 3 is 1.61 bits per heavy atom. The first-order valence-corrected chi connectivity index (χ1v) is 7.86. The lowest BCUT2D eigenvalue weighted by atomic mass is 9.99. The molecule has 0 saturated carbocycles. The number of hydrogen-bond acceptors (Lipinski definition) is 2. The van der Waals surface area contributed by atoms with Crippen LogP contribution in [0.4, 0.5) is 0 Å². The van der Waals surface area contributed by atoms with E-state index in [9.17, 15) is 0 Å². The van der Waals surface area contributed by atoms with Crippen molar-refractivity contribution in [3.05, 3.63) is 47.8 Å². The van der Waals surface area contributed by atoms with E-state index in [1.807, 2.05) is 24.5 Å². The summed E-state index contributed by atoms with van der Waals surface area (Å²) in [5.74, 6) is 0. The summed E-state index contributed by atoms with van der Waals surface area (Å²) in [7, 11) is 0. The Hall–Kier alpha value is -1.00. The normalized spacial score (nSPS) is 11.2. The lowest BCUT2D eigenvalue weighted by Crippen LogP contribution is -1.96. The first-order valence-electron chi connectivity index (χ1n) is 5.62. The molecule has 0 bridgehead atoms. The van der Waals surface area contributed by atoms with Crippen LogP contribution in [0.5, 0.6) is 0 Å². The molecule has 2 heterocycles. The minimum absolute atomic E-state index is 0.820. The van der Waals surface area contributed by atoms with E-state index in [1.165, 1.54) is 21.9 Å². The van der Waals surface area contributed by atoms with Gasteiger partial charge in [-0.05, 0) is 23.3 Å². The van der Waals surface area contributed by atoms with Crippen molar-refractivity contribution in [1.82, 2.24) is 9.97 Å². The highest BCUT2D eigenvalue weighted by Gasteiger charge is 2.13. The van der Waals surface area contributed by atoms with E-state index in [-0.39, 0.29) is 0 Å². The quantitative estimate of drug-likeness (QED) is 0.491. The van der Waals surface area contributed by atoms with Crippen LogP contribution in [-0.4, -0.2) is 9.97 Å².